The third-order valence-electron chi connectivity index (χ3n) is 7.02. The highest BCUT2D eigenvalue weighted by Gasteiger charge is 2.52. The van der Waals surface area contributed by atoms with Gasteiger partial charge in [-0.2, -0.15) is 0 Å². The van der Waals surface area contributed by atoms with Crippen molar-refractivity contribution < 1.29 is 14.0 Å². The second kappa shape index (κ2) is 7.71. The van der Waals surface area contributed by atoms with Gasteiger partial charge in [-0.1, -0.05) is 56.3 Å². The van der Waals surface area contributed by atoms with Crippen LogP contribution in [0.4, 0.5) is 0 Å². The highest BCUT2D eigenvalue weighted by Crippen LogP contribution is 2.43. The smallest absolute Gasteiger partial charge is 0.338 e. The number of benzene rings is 2. The topological polar surface area (TPSA) is 26.3 Å². The zero-order valence-electron chi connectivity index (χ0n) is 17.3. The van der Waals surface area contributed by atoms with Crippen molar-refractivity contribution in [1.29, 1.82) is 0 Å². The van der Waals surface area contributed by atoms with Gasteiger partial charge in [-0.15, -0.1) is 0 Å². The summed E-state index contributed by atoms with van der Waals surface area (Å²) >= 11 is 0. The van der Waals surface area contributed by atoms with Gasteiger partial charge in [0.05, 0.1) is 24.7 Å². The first-order valence-corrected chi connectivity index (χ1v) is 10.7. The van der Waals surface area contributed by atoms with Crippen LogP contribution in [-0.4, -0.2) is 35.7 Å². The Morgan fingerprint density at radius 2 is 1.61 bits per heavy atom. The number of rotatable bonds is 5. The van der Waals surface area contributed by atoms with Crippen LogP contribution in [0.15, 0.2) is 54.6 Å². The molecule has 3 nitrogen and oxygen atoms in total. The van der Waals surface area contributed by atoms with E-state index < -0.39 is 0 Å². The number of piperidine rings is 1. The molecule has 2 aromatic carbocycles. The van der Waals surface area contributed by atoms with Crippen LogP contribution in [0.5, 0.6) is 0 Å². The van der Waals surface area contributed by atoms with Crippen molar-refractivity contribution >= 4 is 5.97 Å². The van der Waals surface area contributed by atoms with E-state index in [1.807, 2.05) is 30.3 Å². The molecule has 148 valence electrons. The molecular formula is C25H32NO2+. The molecule has 0 N–H and O–H groups in total. The molecule has 3 heteroatoms. The zero-order chi connectivity index (χ0) is 19.7. The van der Waals surface area contributed by atoms with E-state index in [0.717, 1.165) is 23.9 Å². The van der Waals surface area contributed by atoms with Crippen molar-refractivity contribution in [3.8, 4) is 0 Å². The van der Waals surface area contributed by atoms with Gasteiger partial charge >= 0.3 is 5.97 Å². The summed E-state index contributed by atoms with van der Waals surface area (Å²) in [7, 11) is 2.41. The van der Waals surface area contributed by atoms with E-state index in [9.17, 15) is 4.79 Å². The fraction of sp³-hybridized carbons (Fsp3) is 0.480. The second-order valence-corrected chi connectivity index (χ2v) is 9.15. The van der Waals surface area contributed by atoms with Gasteiger partial charge in [0.25, 0.3) is 0 Å². The van der Waals surface area contributed by atoms with Crippen LogP contribution in [0, 0.1) is 0 Å². The van der Waals surface area contributed by atoms with E-state index in [2.05, 4.69) is 45.2 Å². The van der Waals surface area contributed by atoms with Gasteiger partial charge in [-0.25, -0.2) is 4.79 Å². The minimum atomic E-state index is -0.176. The van der Waals surface area contributed by atoms with Crippen LogP contribution in [0.25, 0.3) is 0 Å². The molecule has 2 bridgehead atoms. The van der Waals surface area contributed by atoms with Crippen molar-refractivity contribution in [1.82, 2.24) is 0 Å². The molecular weight excluding hydrogens is 346 g/mol. The van der Waals surface area contributed by atoms with Crippen LogP contribution >= 0.6 is 0 Å². The third kappa shape index (κ3) is 3.73. The highest BCUT2D eigenvalue weighted by molar-refractivity contribution is 5.89. The number of carbonyl (C=O) groups is 1. The summed E-state index contributed by atoms with van der Waals surface area (Å²) in [6.45, 7) is 5.56. The first-order valence-electron chi connectivity index (χ1n) is 10.7. The number of ether oxygens (including phenoxy) is 1. The highest BCUT2D eigenvalue weighted by atomic mass is 16.5. The van der Waals surface area contributed by atoms with Gasteiger partial charge < -0.3 is 9.22 Å². The molecule has 0 aromatic heterocycles. The number of quaternary nitrogens is 1. The second-order valence-electron chi connectivity index (χ2n) is 9.15. The zero-order valence-corrected chi connectivity index (χ0v) is 17.3. The largest absolute Gasteiger partial charge is 0.458 e. The van der Waals surface area contributed by atoms with Crippen LogP contribution < -0.4 is 0 Å². The SMILES string of the molecule is CC(C)c1ccc(C[N+]2(C)[C@@H]3CC[C@H]2CC(OC(=O)c2ccccc2)C3)cc1. The molecule has 0 amide bonds. The van der Waals surface area contributed by atoms with E-state index in [1.54, 1.807) is 0 Å². The minimum Gasteiger partial charge on any atom is -0.458 e. The number of fused-ring (bicyclic) bond motifs is 2. The standard InChI is InChI=1S/C25H32NO2/c1-18(2)20-11-9-19(10-12-20)17-26(3)22-13-14-23(26)16-24(15-22)28-25(27)21-7-5-4-6-8-21/h4-12,18,22-24H,13-17H2,1-3H3/q+1/t22-,23+,24?,26?. The van der Waals surface area contributed by atoms with Crippen molar-refractivity contribution in [2.75, 3.05) is 7.05 Å². The maximum absolute atomic E-state index is 12.5. The summed E-state index contributed by atoms with van der Waals surface area (Å²) in [6, 6.07) is 19.7. The molecule has 4 rings (SSSR count). The first kappa shape index (κ1) is 19.2. The summed E-state index contributed by atoms with van der Waals surface area (Å²) in [5, 5.41) is 0. The van der Waals surface area contributed by atoms with E-state index in [-0.39, 0.29) is 12.1 Å². The summed E-state index contributed by atoms with van der Waals surface area (Å²) in [4.78, 5) is 12.5. The quantitative estimate of drug-likeness (QED) is 0.521. The summed E-state index contributed by atoms with van der Waals surface area (Å²) < 4.78 is 6.99. The molecule has 2 fully saturated rings. The van der Waals surface area contributed by atoms with Crippen molar-refractivity contribution in [3.05, 3.63) is 71.3 Å². The fourth-order valence-corrected chi connectivity index (χ4v) is 5.24. The van der Waals surface area contributed by atoms with Crippen molar-refractivity contribution in [2.45, 2.75) is 70.2 Å². The molecule has 4 atom stereocenters. The van der Waals surface area contributed by atoms with Gasteiger partial charge in [-0.05, 0) is 23.6 Å². The summed E-state index contributed by atoms with van der Waals surface area (Å²) in [6.07, 6.45) is 4.50. The average molecular weight is 379 g/mol. The molecule has 28 heavy (non-hydrogen) atoms. The Kier molecular flexibility index (Phi) is 5.29. The molecule has 0 saturated carbocycles. The average Bonchev–Trinajstić information content (AvgIpc) is 2.85. The Hall–Kier alpha value is -2.13. The number of hydrogen-bond donors (Lipinski definition) is 0. The number of carbonyl (C=O) groups excluding carboxylic acids is 1. The van der Waals surface area contributed by atoms with E-state index in [1.165, 1.54) is 24.0 Å². The van der Waals surface area contributed by atoms with Gasteiger partial charge in [0, 0.05) is 31.2 Å². The summed E-state index contributed by atoms with van der Waals surface area (Å²) in [5.74, 6) is 0.399. The third-order valence-corrected chi connectivity index (χ3v) is 7.02. The predicted molar refractivity (Wildman–Crippen MR) is 112 cm³/mol. The molecule has 2 aliphatic rings. The van der Waals surface area contributed by atoms with E-state index in [0.29, 0.717) is 23.6 Å². The number of hydrogen-bond acceptors (Lipinski definition) is 2. The lowest BCUT2D eigenvalue weighted by molar-refractivity contribution is -0.961. The molecule has 0 spiro atoms. The van der Waals surface area contributed by atoms with Gasteiger partial charge in [0.1, 0.15) is 12.6 Å². The normalized spacial score (nSPS) is 29.1. The Morgan fingerprint density at radius 3 is 2.18 bits per heavy atom. The van der Waals surface area contributed by atoms with Crippen LogP contribution in [-0.2, 0) is 11.3 Å². The maximum atomic E-state index is 12.5. The Bertz CT molecular complexity index is 798. The van der Waals surface area contributed by atoms with Crippen molar-refractivity contribution in [3.63, 3.8) is 0 Å². The Labute approximate surface area is 168 Å². The predicted octanol–water partition coefficient (Wildman–Crippen LogP) is 5.31. The molecule has 2 heterocycles. The maximum Gasteiger partial charge on any atom is 0.338 e. The minimum absolute atomic E-state index is 0.0553. The van der Waals surface area contributed by atoms with Crippen LogP contribution in [0.3, 0.4) is 0 Å². The Morgan fingerprint density at radius 1 is 1.00 bits per heavy atom. The van der Waals surface area contributed by atoms with Crippen LogP contribution in [0.1, 0.15) is 66.9 Å². The van der Waals surface area contributed by atoms with Gasteiger partial charge in [0.15, 0.2) is 0 Å². The molecule has 2 aromatic rings. The lowest BCUT2D eigenvalue weighted by atomic mass is 9.95. The molecule has 0 radical (unpaired) electrons. The summed E-state index contributed by atoms with van der Waals surface area (Å²) in [5.41, 5.74) is 3.48. The number of nitrogens with zero attached hydrogens (tertiary/aromatic N) is 1. The van der Waals surface area contributed by atoms with E-state index in [4.69, 9.17) is 4.74 Å². The number of esters is 1. The lowest BCUT2D eigenvalue weighted by Gasteiger charge is -2.47. The van der Waals surface area contributed by atoms with E-state index >= 15 is 0 Å². The van der Waals surface area contributed by atoms with Crippen molar-refractivity contribution in [2.24, 2.45) is 0 Å². The Balaban J connectivity index is 1.42. The molecule has 2 saturated heterocycles. The van der Waals surface area contributed by atoms with Gasteiger partial charge in [0.2, 0.25) is 0 Å². The lowest BCUT2D eigenvalue weighted by Crippen LogP contribution is -2.58. The first-order chi connectivity index (χ1) is 13.5. The fourth-order valence-electron chi connectivity index (χ4n) is 5.24. The van der Waals surface area contributed by atoms with Gasteiger partial charge in [-0.3, -0.25) is 0 Å². The molecule has 0 aliphatic carbocycles. The molecule has 2 unspecified atom stereocenters. The monoisotopic (exact) mass is 378 g/mol. The van der Waals surface area contributed by atoms with Crippen LogP contribution in [0.2, 0.25) is 0 Å². The molecule has 2 aliphatic heterocycles.